The van der Waals surface area contributed by atoms with Gasteiger partial charge in [0.1, 0.15) is 5.75 Å². The standard InChI is InChI=1S/C22H33N5O.HI/c1-17-10-12-26(14-20(17)27-13-11-24-16-27)21(23-4)25-15-22(2,3)18-6-8-19(28-5)9-7-18;/h6-9,11,13,16-17,20H,10,12,14-15H2,1-5H3,(H,23,25);1H. The van der Waals surface area contributed by atoms with Crippen molar-refractivity contribution < 1.29 is 4.74 Å². The Morgan fingerprint density at radius 2 is 2.03 bits per heavy atom. The summed E-state index contributed by atoms with van der Waals surface area (Å²) in [6.07, 6.45) is 6.99. The van der Waals surface area contributed by atoms with Crippen LogP contribution in [0, 0.1) is 5.92 Å². The summed E-state index contributed by atoms with van der Waals surface area (Å²) in [7, 11) is 3.56. The molecule has 0 bridgehead atoms. The van der Waals surface area contributed by atoms with Crippen LogP contribution >= 0.6 is 24.0 Å². The minimum Gasteiger partial charge on any atom is -0.497 e. The number of halogens is 1. The van der Waals surface area contributed by atoms with E-state index in [1.165, 1.54) is 5.56 Å². The van der Waals surface area contributed by atoms with Crippen LogP contribution in [0.1, 0.15) is 38.8 Å². The van der Waals surface area contributed by atoms with Crippen molar-refractivity contribution in [2.45, 2.75) is 38.6 Å². The van der Waals surface area contributed by atoms with E-state index in [2.05, 4.69) is 63.9 Å². The van der Waals surface area contributed by atoms with Crippen molar-refractivity contribution in [1.29, 1.82) is 0 Å². The minimum absolute atomic E-state index is 0. The number of rotatable bonds is 5. The fourth-order valence-corrected chi connectivity index (χ4v) is 3.87. The molecule has 29 heavy (non-hydrogen) atoms. The summed E-state index contributed by atoms with van der Waals surface area (Å²) in [6, 6.07) is 8.74. The summed E-state index contributed by atoms with van der Waals surface area (Å²) in [4.78, 5) is 11.2. The van der Waals surface area contributed by atoms with Crippen molar-refractivity contribution in [3.05, 3.63) is 48.5 Å². The van der Waals surface area contributed by atoms with Crippen molar-refractivity contribution in [3.8, 4) is 5.75 Å². The maximum absolute atomic E-state index is 5.28. The highest BCUT2D eigenvalue weighted by Gasteiger charge is 2.30. The lowest BCUT2D eigenvalue weighted by atomic mass is 9.84. The molecule has 1 aliphatic heterocycles. The smallest absolute Gasteiger partial charge is 0.193 e. The van der Waals surface area contributed by atoms with Gasteiger partial charge in [-0.15, -0.1) is 24.0 Å². The molecule has 6 nitrogen and oxygen atoms in total. The Morgan fingerprint density at radius 3 is 2.62 bits per heavy atom. The molecule has 0 amide bonds. The highest BCUT2D eigenvalue weighted by molar-refractivity contribution is 14.0. The molecule has 7 heteroatoms. The van der Waals surface area contributed by atoms with Gasteiger partial charge in [-0.25, -0.2) is 4.98 Å². The summed E-state index contributed by atoms with van der Waals surface area (Å²) in [5.41, 5.74) is 1.26. The lowest BCUT2D eigenvalue weighted by Crippen LogP contribution is -2.51. The molecule has 2 unspecified atom stereocenters. The topological polar surface area (TPSA) is 54.7 Å². The van der Waals surface area contributed by atoms with Crippen LogP contribution in [0.4, 0.5) is 0 Å². The molecule has 1 saturated heterocycles. The molecule has 0 aliphatic carbocycles. The molecular weight excluding hydrogens is 477 g/mol. The van der Waals surface area contributed by atoms with Gasteiger partial charge in [0.15, 0.2) is 5.96 Å². The van der Waals surface area contributed by atoms with Crippen molar-refractivity contribution in [2.24, 2.45) is 10.9 Å². The highest BCUT2D eigenvalue weighted by atomic mass is 127. The molecule has 3 rings (SSSR count). The number of hydrogen-bond donors (Lipinski definition) is 1. The van der Waals surface area contributed by atoms with Gasteiger partial charge in [-0.05, 0) is 30.0 Å². The number of imidazole rings is 1. The number of ether oxygens (including phenoxy) is 1. The normalized spacial score (nSPS) is 20.2. The van der Waals surface area contributed by atoms with Gasteiger partial charge in [-0.1, -0.05) is 32.9 Å². The number of piperidine rings is 1. The second-order valence-corrected chi connectivity index (χ2v) is 8.30. The third-order valence-electron chi connectivity index (χ3n) is 5.90. The Balaban J connectivity index is 0.00000300. The molecule has 0 spiro atoms. The van der Waals surface area contributed by atoms with Crippen molar-refractivity contribution in [1.82, 2.24) is 19.8 Å². The average molecular weight is 511 g/mol. The van der Waals surface area contributed by atoms with Crippen LogP contribution in [0.2, 0.25) is 0 Å². The molecule has 1 aromatic carbocycles. The summed E-state index contributed by atoms with van der Waals surface area (Å²) in [5.74, 6) is 2.48. The molecule has 1 N–H and O–H groups in total. The molecule has 160 valence electrons. The first-order valence-electron chi connectivity index (χ1n) is 10.0. The van der Waals surface area contributed by atoms with Gasteiger partial charge >= 0.3 is 0 Å². The lowest BCUT2D eigenvalue weighted by Gasteiger charge is -2.40. The largest absolute Gasteiger partial charge is 0.497 e. The van der Waals surface area contributed by atoms with Gasteiger partial charge in [0.05, 0.1) is 19.5 Å². The van der Waals surface area contributed by atoms with E-state index in [0.717, 1.165) is 37.8 Å². The Labute approximate surface area is 191 Å². The van der Waals surface area contributed by atoms with E-state index in [0.29, 0.717) is 12.0 Å². The summed E-state index contributed by atoms with van der Waals surface area (Å²) in [5, 5.41) is 3.61. The third-order valence-corrected chi connectivity index (χ3v) is 5.90. The number of nitrogens with zero attached hydrogens (tertiary/aromatic N) is 4. The number of nitrogens with one attached hydrogen (secondary N) is 1. The SMILES string of the molecule is CN=C(NCC(C)(C)c1ccc(OC)cc1)N1CCC(C)C(n2ccnc2)C1.I. The van der Waals surface area contributed by atoms with Gasteiger partial charge in [-0.3, -0.25) is 4.99 Å². The van der Waals surface area contributed by atoms with Crippen LogP contribution in [0.5, 0.6) is 5.75 Å². The zero-order valence-corrected chi connectivity index (χ0v) is 20.5. The predicted molar refractivity (Wildman–Crippen MR) is 129 cm³/mol. The van der Waals surface area contributed by atoms with Crippen LogP contribution < -0.4 is 10.1 Å². The number of guanidine groups is 1. The quantitative estimate of drug-likeness (QED) is 0.376. The van der Waals surface area contributed by atoms with Gasteiger partial charge in [0, 0.05) is 44.5 Å². The van der Waals surface area contributed by atoms with E-state index in [-0.39, 0.29) is 29.4 Å². The fourth-order valence-electron chi connectivity index (χ4n) is 3.87. The van der Waals surface area contributed by atoms with Crippen molar-refractivity contribution >= 4 is 29.9 Å². The Morgan fingerprint density at radius 1 is 1.31 bits per heavy atom. The third kappa shape index (κ3) is 5.65. The maximum atomic E-state index is 5.28. The van der Waals surface area contributed by atoms with Crippen LogP contribution in [-0.4, -0.2) is 54.2 Å². The van der Waals surface area contributed by atoms with E-state index in [1.807, 2.05) is 31.7 Å². The number of aliphatic imine (C=N–C) groups is 1. The van der Waals surface area contributed by atoms with E-state index in [1.54, 1.807) is 7.11 Å². The number of benzene rings is 1. The Bertz CT molecular complexity index is 773. The van der Waals surface area contributed by atoms with Gasteiger partial charge in [0.25, 0.3) is 0 Å². The lowest BCUT2D eigenvalue weighted by molar-refractivity contribution is 0.188. The molecular formula is C22H34IN5O. The zero-order valence-electron chi connectivity index (χ0n) is 18.1. The number of methoxy groups -OCH3 is 1. The van der Waals surface area contributed by atoms with E-state index >= 15 is 0 Å². The average Bonchev–Trinajstić information content (AvgIpc) is 3.24. The maximum Gasteiger partial charge on any atom is 0.193 e. The molecule has 0 radical (unpaired) electrons. The Hall–Kier alpha value is -1.77. The summed E-state index contributed by atoms with van der Waals surface area (Å²) >= 11 is 0. The first-order chi connectivity index (χ1) is 13.4. The Kier molecular flexibility index (Phi) is 8.36. The molecule has 2 aromatic rings. The highest BCUT2D eigenvalue weighted by Crippen LogP contribution is 2.28. The van der Waals surface area contributed by atoms with E-state index in [9.17, 15) is 0 Å². The van der Waals surface area contributed by atoms with Gasteiger partial charge in [-0.2, -0.15) is 0 Å². The number of hydrogen-bond acceptors (Lipinski definition) is 3. The van der Waals surface area contributed by atoms with Crippen LogP contribution in [-0.2, 0) is 5.41 Å². The van der Waals surface area contributed by atoms with Gasteiger partial charge < -0.3 is 19.5 Å². The summed E-state index contributed by atoms with van der Waals surface area (Å²) < 4.78 is 7.51. The molecule has 2 atom stereocenters. The van der Waals surface area contributed by atoms with E-state index < -0.39 is 0 Å². The molecule has 1 fully saturated rings. The van der Waals surface area contributed by atoms with Gasteiger partial charge in [0.2, 0.25) is 0 Å². The van der Waals surface area contributed by atoms with Crippen molar-refractivity contribution in [3.63, 3.8) is 0 Å². The number of aromatic nitrogens is 2. The molecule has 0 saturated carbocycles. The molecule has 1 aliphatic rings. The molecule has 1 aromatic heterocycles. The summed E-state index contributed by atoms with van der Waals surface area (Å²) in [6.45, 7) is 9.61. The first-order valence-corrected chi connectivity index (χ1v) is 10.0. The predicted octanol–water partition coefficient (Wildman–Crippen LogP) is 3.95. The van der Waals surface area contributed by atoms with Crippen LogP contribution in [0.25, 0.3) is 0 Å². The second kappa shape index (κ2) is 10.3. The monoisotopic (exact) mass is 511 g/mol. The number of likely N-dealkylation sites (tertiary alicyclic amines) is 1. The van der Waals surface area contributed by atoms with E-state index in [4.69, 9.17) is 4.74 Å². The first kappa shape index (κ1) is 23.5. The van der Waals surface area contributed by atoms with Crippen LogP contribution in [0.3, 0.4) is 0 Å². The molecule has 2 heterocycles. The van der Waals surface area contributed by atoms with Crippen LogP contribution in [0.15, 0.2) is 48.0 Å². The van der Waals surface area contributed by atoms with Crippen molar-refractivity contribution in [2.75, 3.05) is 33.8 Å². The second-order valence-electron chi connectivity index (χ2n) is 8.30. The zero-order chi connectivity index (χ0) is 20.1. The minimum atomic E-state index is -0.0188. The fraction of sp³-hybridized carbons (Fsp3) is 0.545.